The molecule has 2 atom stereocenters. The smallest absolute Gasteiger partial charge is 0.321 e. The first-order valence-corrected chi connectivity index (χ1v) is 8.63. The summed E-state index contributed by atoms with van der Waals surface area (Å²) >= 11 is 0. The molecule has 0 bridgehead atoms. The maximum absolute atomic E-state index is 12.6. The van der Waals surface area contributed by atoms with E-state index in [4.69, 9.17) is 0 Å². The minimum absolute atomic E-state index is 0.0664. The maximum atomic E-state index is 12.6. The van der Waals surface area contributed by atoms with Crippen LogP contribution in [0, 0.1) is 18.3 Å². The van der Waals surface area contributed by atoms with Crippen molar-refractivity contribution in [2.75, 3.05) is 18.4 Å². The standard InChI is InChI=1S/C18H22N4O3/c1-11-14-6-5-13(8-15(14)20-21(11)2)19-17(25)22-9-12-4-3-7-18(12,10-22)16(23)24/h5-6,8,12H,3-4,7,9-10H2,1-2H3,(H,19,25)(H,23,24)/t12-,18+/m0/s1. The van der Waals surface area contributed by atoms with Gasteiger partial charge < -0.3 is 15.3 Å². The van der Waals surface area contributed by atoms with Gasteiger partial charge in [-0.1, -0.05) is 6.42 Å². The van der Waals surface area contributed by atoms with E-state index in [-0.39, 0.29) is 11.9 Å². The predicted molar refractivity (Wildman–Crippen MR) is 93.5 cm³/mol. The molecule has 25 heavy (non-hydrogen) atoms. The lowest BCUT2D eigenvalue weighted by molar-refractivity contribution is -0.149. The van der Waals surface area contributed by atoms with Gasteiger partial charge in [-0.05, 0) is 43.9 Å². The summed E-state index contributed by atoms with van der Waals surface area (Å²) in [6.45, 7) is 2.81. The van der Waals surface area contributed by atoms with Crippen molar-refractivity contribution >= 4 is 28.6 Å². The number of nitrogens with zero attached hydrogens (tertiary/aromatic N) is 3. The SMILES string of the molecule is Cc1c2ccc(NC(=O)N3C[C@@H]4CCC[C@@]4(C(=O)O)C3)cc2nn1C. The fraction of sp³-hybridized carbons (Fsp3) is 0.500. The van der Waals surface area contributed by atoms with E-state index in [2.05, 4.69) is 10.4 Å². The zero-order valence-corrected chi connectivity index (χ0v) is 14.5. The molecule has 2 N–H and O–H groups in total. The van der Waals surface area contributed by atoms with Gasteiger partial charge in [0.2, 0.25) is 0 Å². The van der Waals surface area contributed by atoms with Crippen molar-refractivity contribution in [3.8, 4) is 0 Å². The molecule has 2 amide bonds. The molecule has 4 rings (SSSR count). The number of hydrogen-bond donors (Lipinski definition) is 2. The number of carbonyl (C=O) groups is 2. The van der Waals surface area contributed by atoms with Crippen LogP contribution in [0.15, 0.2) is 18.2 Å². The van der Waals surface area contributed by atoms with Crippen molar-refractivity contribution in [2.24, 2.45) is 18.4 Å². The van der Waals surface area contributed by atoms with Crippen LogP contribution >= 0.6 is 0 Å². The van der Waals surface area contributed by atoms with E-state index in [1.165, 1.54) is 0 Å². The summed E-state index contributed by atoms with van der Waals surface area (Å²) in [6.07, 6.45) is 2.48. The quantitative estimate of drug-likeness (QED) is 0.878. The first-order chi connectivity index (χ1) is 11.9. The number of anilines is 1. The third-order valence-electron chi connectivity index (χ3n) is 5.97. The molecule has 0 unspecified atom stereocenters. The lowest BCUT2D eigenvalue weighted by Gasteiger charge is -2.23. The fourth-order valence-electron chi connectivity index (χ4n) is 4.41. The third kappa shape index (κ3) is 2.37. The number of nitrogens with one attached hydrogen (secondary N) is 1. The number of rotatable bonds is 2. The Kier molecular flexibility index (Phi) is 3.49. The maximum Gasteiger partial charge on any atom is 0.321 e. The van der Waals surface area contributed by atoms with Crippen LogP contribution in [0.1, 0.15) is 25.0 Å². The van der Waals surface area contributed by atoms with Crippen LogP contribution in [0.3, 0.4) is 0 Å². The van der Waals surface area contributed by atoms with Crippen molar-refractivity contribution in [1.29, 1.82) is 0 Å². The number of likely N-dealkylation sites (tertiary alicyclic amines) is 1. The summed E-state index contributed by atoms with van der Waals surface area (Å²) in [5.74, 6) is -0.702. The van der Waals surface area contributed by atoms with Gasteiger partial charge in [-0.2, -0.15) is 5.10 Å². The second-order valence-corrected chi connectivity index (χ2v) is 7.30. The normalized spacial score (nSPS) is 25.4. The van der Waals surface area contributed by atoms with Gasteiger partial charge in [-0.15, -0.1) is 0 Å². The zero-order chi connectivity index (χ0) is 17.8. The molecule has 1 aromatic carbocycles. The molecule has 7 heteroatoms. The highest BCUT2D eigenvalue weighted by molar-refractivity contribution is 5.93. The van der Waals surface area contributed by atoms with Gasteiger partial charge in [0.05, 0.1) is 10.9 Å². The summed E-state index contributed by atoms with van der Waals surface area (Å²) in [5, 5.41) is 18.0. The molecule has 1 saturated heterocycles. The van der Waals surface area contributed by atoms with Crippen LogP contribution in [0.25, 0.3) is 10.9 Å². The number of carbonyl (C=O) groups excluding carboxylic acids is 1. The molecule has 1 aliphatic carbocycles. The molecule has 2 aromatic rings. The minimum Gasteiger partial charge on any atom is -0.481 e. The summed E-state index contributed by atoms with van der Waals surface area (Å²) < 4.78 is 1.81. The fourth-order valence-corrected chi connectivity index (χ4v) is 4.41. The Morgan fingerprint density at radius 3 is 2.92 bits per heavy atom. The van der Waals surface area contributed by atoms with Crippen LogP contribution in [0.2, 0.25) is 0 Å². The summed E-state index contributed by atoms with van der Waals surface area (Å²) in [4.78, 5) is 26.0. The van der Waals surface area contributed by atoms with Crippen LogP contribution in [-0.2, 0) is 11.8 Å². The van der Waals surface area contributed by atoms with E-state index in [1.54, 1.807) is 4.90 Å². The van der Waals surface area contributed by atoms with Crippen LogP contribution < -0.4 is 5.32 Å². The monoisotopic (exact) mass is 342 g/mol. The highest BCUT2D eigenvalue weighted by Crippen LogP contribution is 2.48. The molecule has 1 saturated carbocycles. The van der Waals surface area contributed by atoms with Crippen LogP contribution in [0.4, 0.5) is 10.5 Å². The predicted octanol–water partition coefficient (Wildman–Crippen LogP) is 2.60. The van der Waals surface area contributed by atoms with E-state index < -0.39 is 11.4 Å². The Morgan fingerprint density at radius 1 is 1.40 bits per heavy atom. The Morgan fingerprint density at radius 2 is 2.20 bits per heavy atom. The van der Waals surface area contributed by atoms with Crippen LogP contribution in [-0.4, -0.2) is 44.9 Å². The number of carboxylic acid groups (broad SMARTS) is 1. The number of aliphatic carboxylic acids is 1. The number of amides is 2. The number of aryl methyl sites for hydroxylation is 2. The van der Waals surface area contributed by atoms with Crippen molar-refractivity contribution in [2.45, 2.75) is 26.2 Å². The number of benzene rings is 1. The third-order valence-corrected chi connectivity index (χ3v) is 5.97. The molecular formula is C18H22N4O3. The largest absolute Gasteiger partial charge is 0.481 e. The molecular weight excluding hydrogens is 320 g/mol. The molecule has 132 valence electrons. The van der Waals surface area contributed by atoms with E-state index in [0.717, 1.165) is 29.4 Å². The highest BCUT2D eigenvalue weighted by Gasteiger charge is 2.55. The molecule has 2 heterocycles. The molecule has 1 aromatic heterocycles. The van der Waals surface area contributed by atoms with Crippen molar-refractivity contribution in [3.05, 3.63) is 23.9 Å². The Balaban J connectivity index is 1.52. The zero-order valence-electron chi connectivity index (χ0n) is 14.5. The van der Waals surface area contributed by atoms with Gasteiger partial charge in [0.1, 0.15) is 0 Å². The Hall–Kier alpha value is -2.57. The van der Waals surface area contributed by atoms with Gasteiger partial charge in [0.25, 0.3) is 0 Å². The Bertz CT molecular complexity index is 875. The summed E-state index contributed by atoms with van der Waals surface area (Å²) in [6, 6.07) is 5.43. The second kappa shape index (κ2) is 5.47. The summed E-state index contributed by atoms with van der Waals surface area (Å²) in [5.41, 5.74) is 1.83. The van der Waals surface area contributed by atoms with Gasteiger partial charge in [0.15, 0.2) is 0 Å². The molecule has 2 aliphatic rings. The van der Waals surface area contributed by atoms with E-state index in [0.29, 0.717) is 25.2 Å². The van der Waals surface area contributed by atoms with Gasteiger partial charge >= 0.3 is 12.0 Å². The Labute approximate surface area is 145 Å². The van der Waals surface area contributed by atoms with Crippen molar-refractivity contribution < 1.29 is 14.7 Å². The van der Waals surface area contributed by atoms with Crippen molar-refractivity contribution in [3.63, 3.8) is 0 Å². The van der Waals surface area contributed by atoms with E-state index >= 15 is 0 Å². The average Bonchev–Trinajstić information content (AvgIpc) is 3.19. The van der Waals surface area contributed by atoms with Gasteiger partial charge in [-0.25, -0.2) is 4.79 Å². The molecule has 2 fully saturated rings. The summed E-state index contributed by atoms with van der Waals surface area (Å²) in [7, 11) is 1.89. The van der Waals surface area contributed by atoms with Gasteiger partial charge in [0, 0.05) is 36.9 Å². The number of carboxylic acids is 1. The number of hydrogen-bond acceptors (Lipinski definition) is 3. The van der Waals surface area contributed by atoms with Gasteiger partial charge in [-0.3, -0.25) is 9.48 Å². The van der Waals surface area contributed by atoms with E-state index in [9.17, 15) is 14.7 Å². The first kappa shape index (κ1) is 15.9. The second-order valence-electron chi connectivity index (χ2n) is 7.30. The molecule has 7 nitrogen and oxygen atoms in total. The molecule has 0 spiro atoms. The average molecular weight is 342 g/mol. The lowest BCUT2D eigenvalue weighted by Crippen LogP contribution is -2.38. The first-order valence-electron chi connectivity index (χ1n) is 8.63. The minimum atomic E-state index is -0.768. The molecule has 0 radical (unpaired) electrons. The number of aromatic nitrogens is 2. The number of fused-ring (bicyclic) bond motifs is 2. The topological polar surface area (TPSA) is 87.5 Å². The molecule has 1 aliphatic heterocycles. The number of urea groups is 1. The highest BCUT2D eigenvalue weighted by atomic mass is 16.4. The van der Waals surface area contributed by atoms with Crippen LogP contribution in [0.5, 0.6) is 0 Å². The van der Waals surface area contributed by atoms with E-state index in [1.807, 2.05) is 36.9 Å². The van der Waals surface area contributed by atoms with Crippen molar-refractivity contribution in [1.82, 2.24) is 14.7 Å². The lowest BCUT2D eigenvalue weighted by atomic mass is 9.81.